The molecule has 1 unspecified atom stereocenters. The van der Waals surface area contributed by atoms with E-state index in [2.05, 4.69) is 98.9 Å². The Morgan fingerprint density at radius 3 is 1.49 bits per heavy atom. The van der Waals surface area contributed by atoms with Gasteiger partial charge in [0.1, 0.15) is 6.61 Å². The zero-order valence-corrected chi connectivity index (χ0v) is 35.0. The molecule has 0 spiro atoms. The summed E-state index contributed by atoms with van der Waals surface area (Å²) >= 11 is 0. The van der Waals surface area contributed by atoms with Crippen LogP contribution in [-0.2, 0) is 32.7 Å². The van der Waals surface area contributed by atoms with Crippen molar-refractivity contribution in [3.63, 3.8) is 0 Å². The summed E-state index contributed by atoms with van der Waals surface area (Å²) in [5, 5.41) is 0. The predicted molar refractivity (Wildman–Crippen MR) is 228 cm³/mol. The van der Waals surface area contributed by atoms with Gasteiger partial charge < -0.3 is 20.1 Å². The van der Waals surface area contributed by atoms with Gasteiger partial charge in [0.25, 0.3) is 0 Å². The molecule has 55 heavy (non-hydrogen) atoms. The Kier molecular flexibility index (Phi) is 38.3. The van der Waals surface area contributed by atoms with Gasteiger partial charge in [-0.05, 0) is 83.5 Å². The highest BCUT2D eigenvalue weighted by molar-refractivity contribution is 7.47. The van der Waals surface area contributed by atoms with Crippen LogP contribution in [0.4, 0.5) is 0 Å². The molecular weight excluding hydrogens is 713 g/mol. The Morgan fingerprint density at radius 1 is 0.564 bits per heavy atom. The molecule has 0 amide bonds. The van der Waals surface area contributed by atoms with Gasteiger partial charge in [-0.2, -0.15) is 0 Å². The summed E-state index contributed by atoms with van der Waals surface area (Å²) < 4.78 is 32.6. The number of hydrogen-bond acceptors (Lipinski definition) is 8. The van der Waals surface area contributed by atoms with Crippen LogP contribution < -0.4 is 5.73 Å². The van der Waals surface area contributed by atoms with Crippen LogP contribution in [0.2, 0.25) is 0 Å². The monoisotopic (exact) mass is 788 g/mol. The summed E-state index contributed by atoms with van der Waals surface area (Å²) in [5.41, 5.74) is 5.33. The van der Waals surface area contributed by atoms with E-state index in [9.17, 15) is 19.0 Å². The van der Waals surface area contributed by atoms with Gasteiger partial charge in [-0.25, -0.2) is 4.57 Å². The minimum atomic E-state index is -4.41. The summed E-state index contributed by atoms with van der Waals surface area (Å²) in [4.78, 5) is 34.8. The summed E-state index contributed by atoms with van der Waals surface area (Å²) in [7, 11) is -4.41. The van der Waals surface area contributed by atoms with Crippen LogP contribution in [0.1, 0.15) is 142 Å². The fourth-order valence-corrected chi connectivity index (χ4v) is 5.68. The van der Waals surface area contributed by atoms with Crippen molar-refractivity contribution in [3.05, 3.63) is 97.2 Å². The lowest BCUT2D eigenvalue weighted by atomic mass is 10.1. The highest BCUT2D eigenvalue weighted by atomic mass is 31.2. The van der Waals surface area contributed by atoms with Gasteiger partial charge in [0.15, 0.2) is 6.10 Å². The van der Waals surface area contributed by atoms with E-state index in [1.165, 1.54) is 38.5 Å². The normalized spacial score (nSPS) is 14.3. The molecule has 0 fully saturated rings. The first-order chi connectivity index (χ1) is 26.8. The summed E-state index contributed by atoms with van der Waals surface area (Å²) in [5.74, 6) is -0.969. The number of phosphoric acid groups is 1. The van der Waals surface area contributed by atoms with E-state index in [1.54, 1.807) is 0 Å². The Bertz CT molecular complexity index is 1220. The topological polar surface area (TPSA) is 134 Å². The molecule has 0 aliphatic heterocycles. The molecule has 0 heterocycles. The van der Waals surface area contributed by atoms with Crippen LogP contribution >= 0.6 is 7.82 Å². The van der Waals surface area contributed by atoms with E-state index in [1.807, 2.05) is 12.2 Å². The molecule has 0 aromatic carbocycles. The lowest BCUT2D eigenvalue weighted by Crippen LogP contribution is -2.29. The average Bonchev–Trinajstić information content (AvgIpc) is 3.17. The smallest absolute Gasteiger partial charge is 0.462 e. The molecule has 2 atom stereocenters. The summed E-state index contributed by atoms with van der Waals surface area (Å²) in [6.07, 6.45) is 51.7. The maximum absolute atomic E-state index is 12.5. The van der Waals surface area contributed by atoms with Gasteiger partial charge in [0.2, 0.25) is 0 Å². The molecular formula is C45H74NO8P. The van der Waals surface area contributed by atoms with Crippen molar-refractivity contribution in [3.8, 4) is 0 Å². The number of carbonyl (C=O) groups excluding carboxylic acids is 2. The SMILES string of the molecule is CC/C=C/C/C=C/C/C=C/C/C=C/C/C=C/CCCC(=O)OC[C@H](COP(=O)(O)OCCN)OC(=O)CCC/C=C/C/C=C/C/C=C/CCCCCCCC. The maximum atomic E-state index is 12.5. The number of ether oxygens (including phenoxy) is 2. The molecule has 0 rings (SSSR count). The third-order valence-corrected chi connectivity index (χ3v) is 8.94. The third-order valence-electron chi connectivity index (χ3n) is 7.95. The van der Waals surface area contributed by atoms with E-state index < -0.39 is 32.5 Å². The third kappa shape index (κ3) is 40.4. The van der Waals surface area contributed by atoms with Crippen LogP contribution in [0.25, 0.3) is 0 Å². The highest BCUT2D eigenvalue weighted by Crippen LogP contribution is 2.43. The number of carbonyl (C=O) groups is 2. The number of esters is 2. The van der Waals surface area contributed by atoms with Crippen LogP contribution in [0.5, 0.6) is 0 Å². The van der Waals surface area contributed by atoms with Gasteiger partial charge in [-0.1, -0.05) is 143 Å². The molecule has 3 N–H and O–H groups in total. The number of phosphoric ester groups is 1. The Morgan fingerprint density at radius 2 is 1.00 bits per heavy atom. The second kappa shape index (κ2) is 40.6. The van der Waals surface area contributed by atoms with Gasteiger partial charge in [0, 0.05) is 19.4 Å². The zero-order valence-electron chi connectivity index (χ0n) is 34.1. The molecule has 0 aromatic rings. The summed E-state index contributed by atoms with van der Waals surface area (Å²) in [6.45, 7) is 3.46. The molecule has 9 nitrogen and oxygen atoms in total. The first-order valence-electron chi connectivity index (χ1n) is 20.7. The van der Waals surface area contributed by atoms with Gasteiger partial charge in [-0.3, -0.25) is 18.6 Å². The zero-order chi connectivity index (χ0) is 40.3. The quantitative estimate of drug-likeness (QED) is 0.0273. The fraction of sp³-hybridized carbons (Fsp3) is 0.600. The molecule has 312 valence electrons. The highest BCUT2D eigenvalue weighted by Gasteiger charge is 2.25. The largest absolute Gasteiger partial charge is 0.472 e. The van der Waals surface area contributed by atoms with Crippen LogP contribution in [0.15, 0.2) is 97.2 Å². The van der Waals surface area contributed by atoms with Crippen molar-refractivity contribution in [2.75, 3.05) is 26.4 Å². The number of nitrogens with two attached hydrogens (primary N) is 1. The van der Waals surface area contributed by atoms with Crippen molar-refractivity contribution in [2.24, 2.45) is 5.73 Å². The van der Waals surface area contributed by atoms with Crippen LogP contribution in [0, 0.1) is 0 Å². The molecule has 10 heteroatoms. The van der Waals surface area contributed by atoms with E-state index in [0.717, 1.165) is 57.8 Å². The minimum Gasteiger partial charge on any atom is -0.462 e. The van der Waals surface area contributed by atoms with E-state index in [0.29, 0.717) is 19.3 Å². The molecule has 0 saturated carbocycles. The first-order valence-corrected chi connectivity index (χ1v) is 22.2. The van der Waals surface area contributed by atoms with E-state index >= 15 is 0 Å². The molecule has 0 aliphatic carbocycles. The van der Waals surface area contributed by atoms with Crippen molar-refractivity contribution < 1.29 is 37.6 Å². The number of unbranched alkanes of at least 4 members (excludes halogenated alkanes) is 8. The second-order valence-corrected chi connectivity index (χ2v) is 14.6. The van der Waals surface area contributed by atoms with Crippen molar-refractivity contribution in [1.82, 2.24) is 0 Å². The second-order valence-electron chi connectivity index (χ2n) is 13.1. The van der Waals surface area contributed by atoms with E-state index in [4.69, 9.17) is 24.3 Å². The standard InChI is InChI=1S/C45H74NO8P/c1-3-5-7-9-11-13-15-17-19-21-23-25-27-29-31-33-35-37-44(47)51-41-43(42-53-55(49,50)52-40-39-46)54-45(48)38-36-34-32-30-28-26-24-22-20-18-16-14-12-10-8-6-4-2/h5,7,11,13,17-20,23-26,29-32,43H,3-4,6,8-10,12,14-16,21-22,27-28,33-42,46H2,1-2H3,(H,49,50)/b7-5+,13-11+,19-17+,20-18+,25-23+,26-24+,31-29+,32-30+/t43-/m1/s1. The average molecular weight is 788 g/mol. The minimum absolute atomic E-state index is 0.0327. The Balaban J connectivity index is 4.39. The van der Waals surface area contributed by atoms with Crippen LogP contribution in [0.3, 0.4) is 0 Å². The molecule has 0 bridgehead atoms. The summed E-state index contributed by atoms with van der Waals surface area (Å²) in [6, 6.07) is 0. The molecule has 0 aliphatic rings. The van der Waals surface area contributed by atoms with E-state index in [-0.39, 0.29) is 32.6 Å². The Hall–Kier alpha value is -3.07. The van der Waals surface area contributed by atoms with Gasteiger partial charge >= 0.3 is 19.8 Å². The number of allylic oxidation sites excluding steroid dienone is 16. The molecule has 0 saturated heterocycles. The first kappa shape index (κ1) is 51.9. The van der Waals surface area contributed by atoms with Crippen molar-refractivity contribution in [1.29, 1.82) is 0 Å². The lowest BCUT2D eigenvalue weighted by molar-refractivity contribution is -0.161. The Labute approximate surface area is 334 Å². The van der Waals surface area contributed by atoms with Crippen molar-refractivity contribution >= 4 is 19.8 Å². The lowest BCUT2D eigenvalue weighted by Gasteiger charge is -2.19. The fourth-order valence-electron chi connectivity index (χ4n) is 4.92. The van der Waals surface area contributed by atoms with Crippen molar-refractivity contribution in [2.45, 2.75) is 148 Å². The molecule has 0 radical (unpaired) electrons. The van der Waals surface area contributed by atoms with Crippen LogP contribution in [-0.4, -0.2) is 49.3 Å². The predicted octanol–water partition coefficient (Wildman–Crippen LogP) is 11.8. The molecule has 0 aromatic heterocycles. The van der Waals surface area contributed by atoms with Gasteiger partial charge in [0.05, 0.1) is 13.2 Å². The van der Waals surface area contributed by atoms with Gasteiger partial charge in [-0.15, -0.1) is 0 Å². The number of hydrogen-bond donors (Lipinski definition) is 2. The number of rotatable bonds is 37. The maximum Gasteiger partial charge on any atom is 0.472 e.